The SMILES string of the molecule is CC1CCCC(NC(=O)NCC(=O)NC2CC2)(C(=O)O)C1. The molecule has 3 amide bonds. The van der Waals surface area contributed by atoms with Crippen molar-refractivity contribution in [1.82, 2.24) is 16.0 Å². The highest BCUT2D eigenvalue weighted by atomic mass is 16.4. The van der Waals surface area contributed by atoms with E-state index in [0.717, 1.165) is 25.7 Å². The van der Waals surface area contributed by atoms with Gasteiger partial charge in [0.05, 0.1) is 6.54 Å². The Morgan fingerprint density at radius 3 is 2.52 bits per heavy atom. The third kappa shape index (κ3) is 4.34. The van der Waals surface area contributed by atoms with Crippen LogP contribution in [0, 0.1) is 5.92 Å². The van der Waals surface area contributed by atoms with Gasteiger partial charge < -0.3 is 21.1 Å². The van der Waals surface area contributed by atoms with E-state index in [9.17, 15) is 19.5 Å². The van der Waals surface area contributed by atoms with Gasteiger partial charge in [-0.15, -0.1) is 0 Å². The van der Waals surface area contributed by atoms with Crippen molar-refractivity contribution in [3.05, 3.63) is 0 Å². The first-order chi connectivity index (χ1) is 9.91. The number of urea groups is 1. The number of nitrogens with one attached hydrogen (secondary N) is 3. The van der Waals surface area contributed by atoms with Gasteiger partial charge in [-0.25, -0.2) is 9.59 Å². The highest BCUT2D eigenvalue weighted by Crippen LogP contribution is 2.32. The van der Waals surface area contributed by atoms with Crippen LogP contribution in [0.4, 0.5) is 4.79 Å². The van der Waals surface area contributed by atoms with E-state index >= 15 is 0 Å². The fourth-order valence-electron chi connectivity index (χ4n) is 2.84. The van der Waals surface area contributed by atoms with E-state index in [-0.39, 0.29) is 24.4 Å². The van der Waals surface area contributed by atoms with Gasteiger partial charge in [0.15, 0.2) is 0 Å². The molecule has 0 saturated heterocycles. The molecule has 0 bridgehead atoms. The van der Waals surface area contributed by atoms with Gasteiger partial charge in [-0.1, -0.05) is 19.8 Å². The van der Waals surface area contributed by atoms with Crippen LogP contribution in [-0.4, -0.2) is 41.1 Å². The van der Waals surface area contributed by atoms with Crippen LogP contribution in [-0.2, 0) is 9.59 Å². The predicted molar refractivity (Wildman–Crippen MR) is 75.7 cm³/mol. The largest absolute Gasteiger partial charge is 0.480 e. The quantitative estimate of drug-likeness (QED) is 0.596. The summed E-state index contributed by atoms with van der Waals surface area (Å²) in [5, 5.41) is 17.2. The number of amides is 3. The van der Waals surface area contributed by atoms with Crippen LogP contribution in [0.1, 0.15) is 45.4 Å². The van der Waals surface area contributed by atoms with Crippen molar-refractivity contribution < 1.29 is 19.5 Å². The van der Waals surface area contributed by atoms with Crippen molar-refractivity contribution in [2.45, 2.75) is 57.0 Å². The van der Waals surface area contributed by atoms with Crippen molar-refractivity contribution in [2.24, 2.45) is 5.92 Å². The molecule has 2 rings (SSSR count). The Balaban J connectivity index is 1.83. The highest BCUT2D eigenvalue weighted by molar-refractivity contribution is 5.88. The van der Waals surface area contributed by atoms with Crippen LogP contribution in [0.2, 0.25) is 0 Å². The molecule has 21 heavy (non-hydrogen) atoms. The lowest BCUT2D eigenvalue weighted by molar-refractivity contribution is -0.146. The lowest BCUT2D eigenvalue weighted by Crippen LogP contribution is -2.59. The number of aliphatic carboxylic acids is 1. The van der Waals surface area contributed by atoms with Crippen molar-refractivity contribution in [3.63, 3.8) is 0 Å². The minimum absolute atomic E-state index is 0.131. The molecule has 7 nitrogen and oxygen atoms in total. The molecule has 2 atom stereocenters. The summed E-state index contributed by atoms with van der Waals surface area (Å²) in [5.74, 6) is -0.992. The number of hydrogen-bond donors (Lipinski definition) is 4. The number of carbonyl (C=O) groups is 3. The van der Waals surface area contributed by atoms with E-state index in [2.05, 4.69) is 16.0 Å². The number of carbonyl (C=O) groups excluding carboxylic acids is 2. The van der Waals surface area contributed by atoms with Crippen molar-refractivity contribution in [3.8, 4) is 0 Å². The molecule has 4 N–H and O–H groups in total. The van der Waals surface area contributed by atoms with Crippen LogP contribution in [0.25, 0.3) is 0 Å². The maximum Gasteiger partial charge on any atom is 0.329 e. The second-order valence-electron chi connectivity index (χ2n) is 6.24. The Bertz CT molecular complexity index is 436. The molecular weight excluding hydrogens is 274 g/mol. The lowest BCUT2D eigenvalue weighted by Gasteiger charge is -2.36. The van der Waals surface area contributed by atoms with E-state index in [4.69, 9.17) is 0 Å². The number of carboxylic acid groups (broad SMARTS) is 1. The van der Waals surface area contributed by atoms with Crippen LogP contribution in [0.5, 0.6) is 0 Å². The summed E-state index contributed by atoms with van der Waals surface area (Å²) in [6.45, 7) is 1.85. The molecule has 0 aromatic heterocycles. The molecule has 2 fully saturated rings. The van der Waals surface area contributed by atoms with Gasteiger partial charge in [-0.3, -0.25) is 4.79 Å². The monoisotopic (exact) mass is 297 g/mol. The molecule has 7 heteroatoms. The van der Waals surface area contributed by atoms with Crippen molar-refractivity contribution in [1.29, 1.82) is 0 Å². The fourth-order valence-corrected chi connectivity index (χ4v) is 2.84. The summed E-state index contributed by atoms with van der Waals surface area (Å²) < 4.78 is 0. The maximum atomic E-state index is 11.9. The van der Waals surface area contributed by atoms with Crippen LogP contribution >= 0.6 is 0 Å². The molecule has 2 saturated carbocycles. The van der Waals surface area contributed by atoms with Crippen molar-refractivity contribution in [2.75, 3.05) is 6.54 Å². The van der Waals surface area contributed by atoms with Gasteiger partial charge in [0.2, 0.25) is 5.91 Å². The number of hydrogen-bond acceptors (Lipinski definition) is 3. The normalized spacial score (nSPS) is 28.5. The molecular formula is C14H23N3O4. The number of carboxylic acids is 1. The van der Waals surface area contributed by atoms with Gasteiger partial charge in [0.1, 0.15) is 5.54 Å². The highest BCUT2D eigenvalue weighted by Gasteiger charge is 2.43. The minimum Gasteiger partial charge on any atom is -0.480 e. The van der Waals surface area contributed by atoms with E-state index in [0.29, 0.717) is 12.8 Å². The molecule has 118 valence electrons. The summed E-state index contributed by atoms with van der Waals surface area (Å²) in [6, 6.07) is -0.357. The third-order valence-corrected chi connectivity index (χ3v) is 4.11. The standard InChI is InChI=1S/C14H23N3O4/c1-9-3-2-6-14(7-9,12(19)20)17-13(21)15-8-11(18)16-10-4-5-10/h9-10H,2-8H2,1H3,(H,16,18)(H,19,20)(H2,15,17,21). The van der Waals surface area contributed by atoms with Gasteiger partial charge in [-0.05, 0) is 31.6 Å². The first-order valence-electron chi connectivity index (χ1n) is 7.50. The van der Waals surface area contributed by atoms with Crippen LogP contribution in [0.15, 0.2) is 0 Å². The van der Waals surface area contributed by atoms with E-state index < -0.39 is 17.5 Å². The lowest BCUT2D eigenvalue weighted by atomic mass is 9.76. The van der Waals surface area contributed by atoms with Gasteiger partial charge in [0.25, 0.3) is 0 Å². The molecule has 0 radical (unpaired) electrons. The van der Waals surface area contributed by atoms with Gasteiger partial charge in [0, 0.05) is 6.04 Å². The summed E-state index contributed by atoms with van der Waals surface area (Å²) in [6.07, 6.45) is 4.56. The van der Waals surface area contributed by atoms with Crippen molar-refractivity contribution >= 4 is 17.9 Å². The van der Waals surface area contributed by atoms with Gasteiger partial charge in [-0.2, -0.15) is 0 Å². The molecule has 2 aliphatic rings. The smallest absolute Gasteiger partial charge is 0.329 e. The van der Waals surface area contributed by atoms with Gasteiger partial charge >= 0.3 is 12.0 Å². The predicted octanol–water partition coefficient (Wildman–Crippen LogP) is 0.598. The van der Waals surface area contributed by atoms with E-state index in [1.54, 1.807) is 0 Å². The summed E-state index contributed by atoms with van der Waals surface area (Å²) >= 11 is 0. The molecule has 0 aromatic carbocycles. The first-order valence-corrected chi connectivity index (χ1v) is 7.50. The second-order valence-corrected chi connectivity index (χ2v) is 6.24. The first kappa shape index (κ1) is 15.6. The molecule has 0 aliphatic heterocycles. The summed E-state index contributed by atoms with van der Waals surface area (Å²) in [4.78, 5) is 34.9. The maximum absolute atomic E-state index is 11.9. The average Bonchev–Trinajstić information content (AvgIpc) is 3.20. The Morgan fingerprint density at radius 2 is 1.95 bits per heavy atom. The second kappa shape index (κ2) is 6.32. The Labute approximate surface area is 123 Å². The zero-order valence-corrected chi connectivity index (χ0v) is 12.3. The molecule has 0 aromatic rings. The number of rotatable bonds is 5. The average molecular weight is 297 g/mol. The molecule has 0 heterocycles. The van der Waals surface area contributed by atoms with E-state index in [1.165, 1.54) is 0 Å². The fraction of sp³-hybridized carbons (Fsp3) is 0.786. The topological polar surface area (TPSA) is 108 Å². The zero-order chi connectivity index (χ0) is 15.5. The summed E-state index contributed by atoms with van der Waals surface area (Å²) in [5.41, 5.74) is -1.21. The Hall–Kier alpha value is -1.79. The Morgan fingerprint density at radius 1 is 1.24 bits per heavy atom. The molecule has 2 unspecified atom stereocenters. The van der Waals surface area contributed by atoms with E-state index in [1.807, 2.05) is 6.92 Å². The summed E-state index contributed by atoms with van der Waals surface area (Å²) in [7, 11) is 0. The van der Waals surface area contributed by atoms with Crippen LogP contribution < -0.4 is 16.0 Å². The third-order valence-electron chi connectivity index (χ3n) is 4.11. The Kier molecular flexibility index (Phi) is 4.69. The molecule has 2 aliphatic carbocycles. The zero-order valence-electron chi connectivity index (χ0n) is 12.3. The van der Waals surface area contributed by atoms with Crippen LogP contribution in [0.3, 0.4) is 0 Å². The minimum atomic E-state index is -1.21. The molecule has 0 spiro atoms.